The van der Waals surface area contributed by atoms with Crippen molar-refractivity contribution in [3.05, 3.63) is 93.6 Å². The van der Waals surface area contributed by atoms with Crippen LogP contribution in [0.25, 0.3) is 16.7 Å². The van der Waals surface area contributed by atoms with E-state index in [0.717, 1.165) is 35.9 Å². The van der Waals surface area contributed by atoms with Gasteiger partial charge in [-0.2, -0.15) is 5.10 Å². The Morgan fingerprint density at radius 3 is 2.74 bits per heavy atom. The summed E-state index contributed by atoms with van der Waals surface area (Å²) >= 11 is 0. The fraction of sp³-hybridized carbons (Fsp3) is 0.240. The number of hydrogen-bond donors (Lipinski definition) is 0. The molecule has 31 heavy (non-hydrogen) atoms. The Bertz CT molecular complexity index is 1300. The highest BCUT2D eigenvalue weighted by molar-refractivity contribution is 5.82. The van der Waals surface area contributed by atoms with Crippen molar-refractivity contribution >= 4 is 16.9 Å². The average Bonchev–Trinajstić information content (AvgIpc) is 3.44. The van der Waals surface area contributed by atoms with E-state index >= 15 is 0 Å². The van der Waals surface area contributed by atoms with Crippen LogP contribution >= 0.6 is 0 Å². The lowest BCUT2D eigenvalue weighted by Gasteiger charge is -2.09. The summed E-state index contributed by atoms with van der Waals surface area (Å²) in [5, 5.41) is 5.19. The van der Waals surface area contributed by atoms with Crippen molar-refractivity contribution in [3.63, 3.8) is 0 Å². The number of rotatable bonds is 6. The average molecular weight is 414 g/mol. The molecule has 0 fully saturated rings. The summed E-state index contributed by atoms with van der Waals surface area (Å²) in [4.78, 5) is 24.3. The molecule has 6 nitrogen and oxygen atoms in total. The molecule has 1 aliphatic rings. The number of carbonyl (C=O) groups excluding carboxylic acids is 1. The number of ether oxygens (including phenoxy) is 1. The molecule has 0 spiro atoms. The van der Waals surface area contributed by atoms with E-state index < -0.39 is 5.63 Å². The van der Waals surface area contributed by atoms with Crippen LogP contribution in [0.4, 0.5) is 0 Å². The Labute approximate surface area is 179 Å². The SMILES string of the molecule is O=C(CCc1cnn(-c2ccccc2)c1)OCc1cc(=O)oc2cc3c(cc12)CCC3. The third-order valence-corrected chi connectivity index (χ3v) is 5.71. The number of para-hydroxylation sites is 1. The highest BCUT2D eigenvalue weighted by Gasteiger charge is 2.16. The molecule has 2 heterocycles. The van der Waals surface area contributed by atoms with Gasteiger partial charge in [0.15, 0.2) is 0 Å². The molecule has 2 aromatic heterocycles. The maximum absolute atomic E-state index is 12.3. The second-order valence-corrected chi connectivity index (χ2v) is 7.85. The van der Waals surface area contributed by atoms with Crippen molar-refractivity contribution in [2.45, 2.75) is 38.7 Å². The van der Waals surface area contributed by atoms with Crippen molar-refractivity contribution in [1.82, 2.24) is 9.78 Å². The highest BCUT2D eigenvalue weighted by Crippen LogP contribution is 2.28. The quantitative estimate of drug-likeness (QED) is 0.350. The molecular formula is C25H22N2O4. The molecule has 156 valence electrons. The van der Waals surface area contributed by atoms with E-state index in [-0.39, 0.29) is 19.0 Å². The minimum absolute atomic E-state index is 0.0585. The molecule has 2 aromatic carbocycles. The molecular weight excluding hydrogens is 392 g/mol. The van der Waals surface area contributed by atoms with Gasteiger partial charge in [0.1, 0.15) is 12.2 Å². The summed E-state index contributed by atoms with van der Waals surface area (Å²) in [7, 11) is 0. The van der Waals surface area contributed by atoms with Crippen LogP contribution < -0.4 is 5.63 Å². The monoisotopic (exact) mass is 414 g/mol. The third-order valence-electron chi connectivity index (χ3n) is 5.71. The van der Waals surface area contributed by atoms with Gasteiger partial charge in [0.2, 0.25) is 0 Å². The molecule has 5 rings (SSSR count). The van der Waals surface area contributed by atoms with E-state index in [0.29, 0.717) is 17.6 Å². The van der Waals surface area contributed by atoms with Crippen LogP contribution in [0.1, 0.15) is 35.1 Å². The molecule has 0 atom stereocenters. The molecule has 6 heteroatoms. The Kier molecular flexibility index (Phi) is 5.12. The lowest BCUT2D eigenvalue weighted by atomic mass is 10.0. The van der Waals surface area contributed by atoms with Gasteiger partial charge in [0, 0.05) is 29.6 Å². The minimum atomic E-state index is -0.426. The Balaban J connectivity index is 1.24. The molecule has 0 saturated carbocycles. The highest BCUT2D eigenvalue weighted by atomic mass is 16.5. The molecule has 0 bridgehead atoms. The van der Waals surface area contributed by atoms with Crippen molar-refractivity contribution in [2.24, 2.45) is 0 Å². The number of benzene rings is 2. The molecule has 0 saturated heterocycles. The predicted molar refractivity (Wildman–Crippen MR) is 116 cm³/mol. The van der Waals surface area contributed by atoms with Crippen LogP contribution in [0, 0.1) is 0 Å². The zero-order chi connectivity index (χ0) is 21.2. The topological polar surface area (TPSA) is 74.3 Å². The fourth-order valence-electron chi connectivity index (χ4n) is 4.10. The first-order valence-electron chi connectivity index (χ1n) is 10.5. The number of esters is 1. The van der Waals surface area contributed by atoms with Crippen LogP contribution in [0.15, 0.2) is 70.1 Å². The standard InChI is InChI=1S/C25H22N2O4/c28-24(10-9-17-14-26-27(15-17)21-7-2-1-3-8-21)30-16-20-13-25(29)31-23-12-19-6-4-5-18(19)11-22(20)23/h1-3,7-8,11-15H,4-6,9-10,16H2. The fourth-order valence-corrected chi connectivity index (χ4v) is 4.10. The molecule has 1 aliphatic carbocycles. The molecule has 0 N–H and O–H groups in total. The van der Waals surface area contributed by atoms with Crippen molar-refractivity contribution < 1.29 is 13.9 Å². The number of aromatic nitrogens is 2. The second-order valence-electron chi connectivity index (χ2n) is 7.85. The smallest absolute Gasteiger partial charge is 0.336 e. The minimum Gasteiger partial charge on any atom is -0.461 e. The van der Waals surface area contributed by atoms with Crippen LogP contribution in [0.5, 0.6) is 0 Å². The van der Waals surface area contributed by atoms with E-state index in [9.17, 15) is 9.59 Å². The van der Waals surface area contributed by atoms with Gasteiger partial charge in [-0.25, -0.2) is 9.48 Å². The summed E-state index contributed by atoms with van der Waals surface area (Å²) in [5.41, 5.74) is 5.27. The molecule has 0 unspecified atom stereocenters. The van der Waals surface area contributed by atoms with E-state index in [2.05, 4.69) is 11.2 Å². The summed E-state index contributed by atoms with van der Waals surface area (Å²) < 4.78 is 12.6. The zero-order valence-electron chi connectivity index (χ0n) is 17.0. The predicted octanol–water partition coefficient (Wildman–Crippen LogP) is 4.14. The van der Waals surface area contributed by atoms with Gasteiger partial charge in [0.25, 0.3) is 0 Å². The van der Waals surface area contributed by atoms with Crippen LogP contribution in [-0.2, 0) is 35.4 Å². The van der Waals surface area contributed by atoms with Crippen LogP contribution in [0.2, 0.25) is 0 Å². The number of fused-ring (bicyclic) bond motifs is 2. The van der Waals surface area contributed by atoms with Crippen LogP contribution in [0.3, 0.4) is 0 Å². The zero-order valence-corrected chi connectivity index (χ0v) is 17.0. The molecule has 4 aromatic rings. The summed E-state index contributed by atoms with van der Waals surface area (Å²) in [6.07, 6.45) is 7.61. The van der Waals surface area contributed by atoms with Gasteiger partial charge in [-0.15, -0.1) is 0 Å². The van der Waals surface area contributed by atoms with Crippen LogP contribution in [-0.4, -0.2) is 15.7 Å². The number of carbonyl (C=O) groups is 1. The maximum atomic E-state index is 12.3. The van der Waals surface area contributed by atoms with Gasteiger partial charge in [-0.1, -0.05) is 18.2 Å². The van der Waals surface area contributed by atoms with Gasteiger partial charge in [-0.3, -0.25) is 4.79 Å². The lowest BCUT2D eigenvalue weighted by Crippen LogP contribution is -2.08. The Morgan fingerprint density at radius 2 is 1.90 bits per heavy atom. The van der Waals surface area contributed by atoms with Crippen molar-refractivity contribution in [3.8, 4) is 5.69 Å². The number of hydrogen-bond acceptors (Lipinski definition) is 5. The summed E-state index contributed by atoms with van der Waals surface area (Å²) in [6.45, 7) is 0.0585. The Morgan fingerprint density at radius 1 is 1.10 bits per heavy atom. The first-order chi connectivity index (χ1) is 15.2. The van der Waals surface area contributed by atoms with Gasteiger partial charge >= 0.3 is 11.6 Å². The third kappa shape index (κ3) is 4.14. The summed E-state index contributed by atoms with van der Waals surface area (Å²) in [5.74, 6) is -0.310. The lowest BCUT2D eigenvalue weighted by molar-refractivity contribution is -0.144. The normalized spacial score (nSPS) is 12.8. The first-order valence-corrected chi connectivity index (χ1v) is 10.5. The number of nitrogens with zero attached hydrogens (tertiary/aromatic N) is 2. The molecule has 0 radical (unpaired) electrons. The van der Waals surface area contributed by atoms with Gasteiger partial charge < -0.3 is 9.15 Å². The molecule has 0 aliphatic heterocycles. The van der Waals surface area contributed by atoms with E-state index in [4.69, 9.17) is 9.15 Å². The van der Waals surface area contributed by atoms with E-state index in [1.54, 1.807) is 10.9 Å². The van der Waals surface area contributed by atoms with E-state index in [1.807, 2.05) is 42.6 Å². The van der Waals surface area contributed by atoms with Gasteiger partial charge in [0.05, 0.1) is 11.9 Å². The first kappa shape index (κ1) is 19.3. The summed E-state index contributed by atoms with van der Waals surface area (Å²) in [6, 6.07) is 15.3. The van der Waals surface area contributed by atoms with Crippen molar-refractivity contribution in [2.75, 3.05) is 0 Å². The maximum Gasteiger partial charge on any atom is 0.336 e. The Hall–Kier alpha value is -3.67. The largest absolute Gasteiger partial charge is 0.461 e. The van der Waals surface area contributed by atoms with Crippen molar-refractivity contribution in [1.29, 1.82) is 0 Å². The molecule has 0 amide bonds. The van der Waals surface area contributed by atoms with Gasteiger partial charge in [-0.05, 0) is 66.6 Å². The number of aryl methyl sites for hydroxylation is 3. The van der Waals surface area contributed by atoms with E-state index in [1.165, 1.54) is 17.2 Å². The second kappa shape index (κ2) is 8.22.